The van der Waals surface area contributed by atoms with E-state index in [1.54, 1.807) is 0 Å². The van der Waals surface area contributed by atoms with Gasteiger partial charge in [0.25, 0.3) is 0 Å². The van der Waals surface area contributed by atoms with E-state index in [9.17, 15) is 14.7 Å². The molecule has 1 N–H and O–H groups in total. The molecule has 2 atom stereocenters. The molecule has 1 aromatic carbocycles. The molecule has 0 aromatic heterocycles. The third-order valence-electron chi connectivity index (χ3n) is 3.76. The smallest absolute Gasteiger partial charge is 0.548 e. The second-order valence-corrected chi connectivity index (χ2v) is 5.20. The number of hydrogen-bond donors (Lipinski definition) is 1. The standard InChI is InChI=1S/C15H20N2O4.K/c1-10(14(18)19)17(2)15(20)16-8-13-7-11-5-3-4-6-12(11)9-21-13;/h3-6,10,13H,7-9H2,1-2H3,(H,16,20)(H,18,19);/q;+1/p-1/t10-,13+;/m1./s1. The summed E-state index contributed by atoms with van der Waals surface area (Å²) < 4.78 is 5.68. The molecule has 6 nitrogen and oxygen atoms in total. The number of benzene rings is 1. The van der Waals surface area contributed by atoms with Gasteiger partial charge in [0.15, 0.2) is 0 Å². The summed E-state index contributed by atoms with van der Waals surface area (Å²) in [6.45, 7) is 2.28. The quantitative estimate of drug-likeness (QED) is 0.594. The van der Waals surface area contributed by atoms with E-state index >= 15 is 0 Å². The molecule has 0 bridgehead atoms. The zero-order valence-corrected chi connectivity index (χ0v) is 16.3. The molecule has 2 amide bonds. The van der Waals surface area contributed by atoms with Crippen LogP contribution in [0.1, 0.15) is 18.1 Å². The Morgan fingerprint density at radius 2 is 2.05 bits per heavy atom. The van der Waals surface area contributed by atoms with Crippen molar-refractivity contribution >= 4 is 12.0 Å². The first kappa shape index (κ1) is 19.6. The fourth-order valence-electron chi connectivity index (χ4n) is 2.20. The molecular weight excluding hydrogens is 311 g/mol. The number of nitrogens with one attached hydrogen (secondary N) is 1. The summed E-state index contributed by atoms with van der Waals surface area (Å²) in [6.07, 6.45) is 0.631. The Hall–Kier alpha value is -0.444. The zero-order valence-electron chi connectivity index (χ0n) is 13.2. The fourth-order valence-corrected chi connectivity index (χ4v) is 2.20. The van der Waals surface area contributed by atoms with Crippen LogP contribution in [0.15, 0.2) is 24.3 Å². The van der Waals surface area contributed by atoms with Crippen LogP contribution in [0, 0.1) is 0 Å². The molecule has 0 spiro atoms. The molecule has 114 valence electrons. The number of hydrogen-bond acceptors (Lipinski definition) is 4. The third-order valence-corrected chi connectivity index (χ3v) is 3.76. The van der Waals surface area contributed by atoms with E-state index < -0.39 is 18.0 Å². The van der Waals surface area contributed by atoms with Gasteiger partial charge in [0.1, 0.15) is 0 Å². The molecule has 2 rings (SSSR count). The van der Waals surface area contributed by atoms with E-state index in [1.807, 2.05) is 18.2 Å². The first-order chi connectivity index (χ1) is 9.99. The molecule has 7 heteroatoms. The van der Waals surface area contributed by atoms with Gasteiger partial charge in [-0.15, -0.1) is 0 Å². The minimum absolute atomic E-state index is 0. The number of aliphatic carboxylic acids is 1. The second-order valence-electron chi connectivity index (χ2n) is 5.20. The van der Waals surface area contributed by atoms with Gasteiger partial charge in [0.2, 0.25) is 0 Å². The Kier molecular flexibility index (Phi) is 8.02. The van der Waals surface area contributed by atoms with Crippen LogP contribution in [-0.2, 0) is 22.6 Å². The summed E-state index contributed by atoms with van der Waals surface area (Å²) >= 11 is 0. The van der Waals surface area contributed by atoms with Crippen LogP contribution in [0.2, 0.25) is 0 Å². The molecule has 1 aliphatic heterocycles. The molecule has 0 saturated heterocycles. The monoisotopic (exact) mass is 330 g/mol. The topological polar surface area (TPSA) is 81.7 Å². The number of carboxylic acid groups (broad SMARTS) is 1. The van der Waals surface area contributed by atoms with Crippen LogP contribution in [0.3, 0.4) is 0 Å². The van der Waals surface area contributed by atoms with E-state index in [4.69, 9.17) is 4.74 Å². The maximum absolute atomic E-state index is 11.8. The molecular formula is C15H19KN2O4. The van der Waals surface area contributed by atoms with Crippen LogP contribution in [0.4, 0.5) is 4.79 Å². The molecule has 0 fully saturated rings. The summed E-state index contributed by atoms with van der Waals surface area (Å²) in [5.74, 6) is -1.28. The van der Waals surface area contributed by atoms with Gasteiger partial charge in [-0.2, -0.15) is 0 Å². The number of carboxylic acids is 1. The minimum atomic E-state index is -1.28. The van der Waals surface area contributed by atoms with E-state index in [2.05, 4.69) is 11.4 Å². The van der Waals surface area contributed by atoms with Crippen LogP contribution in [0.25, 0.3) is 0 Å². The van der Waals surface area contributed by atoms with Crippen LogP contribution < -0.4 is 61.8 Å². The van der Waals surface area contributed by atoms with Crippen molar-refractivity contribution < 1.29 is 70.8 Å². The number of nitrogens with zero attached hydrogens (tertiary/aromatic N) is 1. The van der Waals surface area contributed by atoms with Crippen molar-refractivity contribution in [2.45, 2.75) is 32.1 Å². The predicted octanol–water partition coefficient (Wildman–Crippen LogP) is -3.09. The van der Waals surface area contributed by atoms with E-state index in [0.717, 1.165) is 11.3 Å². The zero-order chi connectivity index (χ0) is 15.4. The van der Waals surface area contributed by atoms with Crippen molar-refractivity contribution in [3.05, 3.63) is 35.4 Å². The molecule has 0 radical (unpaired) electrons. The molecule has 1 aliphatic rings. The van der Waals surface area contributed by atoms with Crippen molar-refractivity contribution in [3.63, 3.8) is 0 Å². The van der Waals surface area contributed by atoms with Crippen molar-refractivity contribution in [2.75, 3.05) is 13.6 Å². The van der Waals surface area contributed by atoms with Crippen LogP contribution in [-0.4, -0.2) is 42.6 Å². The molecule has 1 aromatic rings. The number of urea groups is 1. The third kappa shape index (κ3) is 5.04. The molecule has 22 heavy (non-hydrogen) atoms. The minimum Gasteiger partial charge on any atom is -0.548 e. The number of rotatable bonds is 4. The number of amides is 2. The van der Waals surface area contributed by atoms with Crippen molar-refractivity contribution in [3.8, 4) is 0 Å². The Morgan fingerprint density at radius 3 is 2.68 bits per heavy atom. The van der Waals surface area contributed by atoms with Crippen molar-refractivity contribution in [1.29, 1.82) is 0 Å². The summed E-state index contributed by atoms with van der Waals surface area (Å²) in [7, 11) is 1.42. The molecule has 0 saturated carbocycles. The Morgan fingerprint density at radius 1 is 1.41 bits per heavy atom. The van der Waals surface area contributed by atoms with Gasteiger partial charge in [-0.1, -0.05) is 24.3 Å². The summed E-state index contributed by atoms with van der Waals surface area (Å²) in [5, 5.41) is 13.4. The molecule has 1 heterocycles. The van der Waals surface area contributed by atoms with E-state index in [1.165, 1.54) is 25.1 Å². The largest absolute Gasteiger partial charge is 1.00 e. The van der Waals surface area contributed by atoms with Crippen molar-refractivity contribution in [1.82, 2.24) is 10.2 Å². The average molecular weight is 330 g/mol. The first-order valence-electron chi connectivity index (χ1n) is 6.89. The van der Waals surface area contributed by atoms with E-state index in [0.29, 0.717) is 13.2 Å². The number of carbonyl (C=O) groups is 2. The maximum atomic E-state index is 11.8. The van der Waals surface area contributed by atoms with Crippen molar-refractivity contribution in [2.24, 2.45) is 0 Å². The predicted molar refractivity (Wildman–Crippen MR) is 74.4 cm³/mol. The average Bonchev–Trinajstić information content (AvgIpc) is 2.50. The van der Waals surface area contributed by atoms with Gasteiger partial charge in [0, 0.05) is 20.0 Å². The van der Waals surface area contributed by atoms with Gasteiger partial charge in [0.05, 0.1) is 24.7 Å². The SMILES string of the molecule is C[C@H](C(=O)[O-])N(C)C(=O)NC[C@@H]1Cc2ccccc2CO1.[K+]. The van der Waals surface area contributed by atoms with Gasteiger partial charge < -0.3 is 24.9 Å². The maximum Gasteiger partial charge on any atom is 1.00 e. The van der Waals surface area contributed by atoms with Crippen LogP contribution in [0.5, 0.6) is 0 Å². The Labute approximate surface area is 172 Å². The number of fused-ring (bicyclic) bond motifs is 1. The molecule has 0 unspecified atom stereocenters. The summed E-state index contributed by atoms with van der Waals surface area (Å²) in [6, 6.07) is 6.61. The number of carbonyl (C=O) groups excluding carboxylic acids is 2. The fraction of sp³-hybridized carbons (Fsp3) is 0.467. The van der Waals surface area contributed by atoms with Gasteiger partial charge in [-0.3, -0.25) is 0 Å². The number of ether oxygens (including phenoxy) is 1. The molecule has 0 aliphatic carbocycles. The van der Waals surface area contributed by atoms with Gasteiger partial charge >= 0.3 is 57.4 Å². The number of likely N-dealkylation sites (N-methyl/N-ethyl adjacent to an activating group) is 1. The van der Waals surface area contributed by atoms with E-state index in [-0.39, 0.29) is 57.5 Å². The Bertz CT molecular complexity index is 538. The second kappa shape index (κ2) is 9.00. The van der Waals surface area contributed by atoms with Gasteiger partial charge in [-0.05, 0) is 18.1 Å². The normalized spacial score (nSPS) is 17.6. The Balaban J connectivity index is 0.00000242. The van der Waals surface area contributed by atoms with Gasteiger partial charge in [-0.25, -0.2) is 4.79 Å². The summed E-state index contributed by atoms with van der Waals surface area (Å²) in [4.78, 5) is 23.7. The summed E-state index contributed by atoms with van der Waals surface area (Å²) in [5.41, 5.74) is 2.39. The first-order valence-corrected chi connectivity index (χ1v) is 6.89. The van der Waals surface area contributed by atoms with Crippen LogP contribution >= 0.6 is 0 Å².